The molecule has 11 heteroatoms. The van der Waals surface area contributed by atoms with E-state index in [-0.39, 0.29) is 48.1 Å². The van der Waals surface area contributed by atoms with Gasteiger partial charge in [-0.15, -0.1) is 0 Å². The average molecular weight is 736 g/mol. The van der Waals surface area contributed by atoms with Crippen LogP contribution in [0.4, 0.5) is 4.79 Å². The quantitative estimate of drug-likeness (QED) is 0.236. The maximum Gasteiger partial charge on any atom is 0.407 e. The molecule has 0 aliphatic carbocycles. The number of nitrogens with zero attached hydrogens (tertiary/aromatic N) is 4. The Labute approximate surface area is 318 Å². The van der Waals surface area contributed by atoms with Crippen molar-refractivity contribution in [2.45, 2.75) is 90.8 Å². The summed E-state index contributed by atoms with van der Waals surface area (Å²) >= 11 is 0. The van der Waals surface area contributed by atoms with Gasteiger partial charge in [-0.25, -0.2) is 4.79 Å². The van der Waals surface area contributed by atoms with Gasteiger partial charge in [-0.3, -0.25) is 24.4 Å². The third-order valence-corrected chi connectivity index (χ3v) is 11.3. The van der Waals surface area contributed by atoms with Gasteiger partial charge in [0.2, 0.25) is 11.8 Å². The highest BCUT2D eigenvalue weighted by molar-refractivity contribution is 6.05. The van der Waals surface area contributed by atoms with Crippen LogP contribution in [0.5, 0.6) is 0 Å². The minimum Gasteiger partial charge on any atom is -0.469 e. The summed E-state index contributed by atoms with van der Waals surface area (Å²) in [4.78, 5) is 64.6. The molecule has 0 aromatic heterocycles. The fraction of sp³-hybridized carbons (Fsp3) is 0.488. The molecular weight excluding hydrogens is 683 g/mol. The van der Waals surface area contributed by atoms with Crippen LogP contribution in [0.25, 0.3) is 22.3 Å². The number of hydrogen-bond acceptors (Lipinski definition) is 8. The van der Waals surface area contributed by atoms with Gasteiger partial charge >= 0.3 is 12.1 Å². The number of alkyl carbamates (subject to hydrolysis) is 1. The van der Waals surface area contributed by atoms with Crippen LogP contribution in [-0.2, 0) is 23.9 Å². The fourth-order valence-electron chi connectivity index (χ4n) is 8.12. The Morgan fingerprint density at radius 3 is 1.57 bits per heavy atom. The number of methoxy groups -OCH3 is 2. The van der Waals surface area contributed by atoms with Gasteiger partial charge in [-0.2, -0.15) is 0 Å². The number of benzene rings is 2. The topological polar surface area (TPSA) is 130 Å². The molecule has 4 aliphatic rings. The molecule has 286 valence electrons. The number of aliphatic imine (C=N–C) groups is 2. The van der Waals surface area contributed by atoms with E-state index >= 15 is 0 Å². The molecule has 54 heavy (non-hydrogen) atoms. The lowest BCUT2D eigenvalue weighted by atomic mass is 9.90. The molecule has 0 saturated carbocycles. The number of hydrogen-bond donors (Lipinski definition) is 1. The normalized spacial score (nSPS) is 20.7. The number of carbonyl (C=O) groups excluding carboxylic acids is 4. The van der Waals surface area contributed by atoms with Gasteiger partial charge in [0.25, 0.3) is 0 Å². The highest BCUT2D eigenvalue weighted by atomic mass is 16.5. The first kappa shape index (κ1) is 38.7. The van der Waals surface area contributed by atoms with E-state index in [0.717, 1.165) is 70.5 Å². The van der Waals surface area contributed by atoms with Crippen molar-refractivity contribution in [3.8, 4) is 11.1 Å². The third-order valence-electron chi connectivity index (χ3n) is 11.3. The molecule has 11 nitrogen and oxygen atoms in total. The van der Waals surface area contributed by atoms with Crippen molar-refractivity contribution in [2.75, 3.05) is 27.3 Å². The zero-order valence-electron chi connectivity index (χ0n) is 32.3. The van der Waals surface area contributed by atoms with Gasteiger partial charge in [0, 0.05) is 49.8 Å². The molecule has 1 N–H and O–H groups in total. The number of nitrogens with one attached hydrogen (secondary N) is 1. The summed E-state index contributed by atoms with van der Waals surface area (Å²) in [7, 11) is 2.66. The summed E-state index contributed by atoms with van der Waals surface area (Å²) in [6.45, 7) is 9.12. The lowest BCUT2D eigenvalue weighted by molar-refractivity contribution is -0.148. The van der Waals surface area contributed by atoms with Crippen LogP contribution in [-0.4, -0.2) is 90.5 Å². The van der Waals surface area contributed by atoms with Crippen LogP contribution in [0.3, 0.4) is 0 Å². The van der Waals surface area contributed by atoms with Crippen molar-refractivity contribution in [2.24, 2.45) is 27.7 Å². The molecule has 2 aromatic carbocycles. The maximum absolute atomic E-state index is 13.6. The number of esters is 1. The lowest BCUT2D eigenvalue weighted by Crippen LogP contribution is -2.53. The molecule has 6 rings (SSSR count). The van der Waals surface area contributed by atoms with E-state index in [1.165, 1.54) is 14.2 Å². The monoisotopic (exact) mass is 735 g/mol. The van der Waals surface area contributed by atoms with Gasteiger partial charge in [-0.1, -0.05) is 76.2 Å². The summed E-state index contributed by atoms with van der Waals surface area (Å²) in [5.41, 5.74) is 8.67. The smallest absolute Gasteiger partial charge is 0.407 e. The van der Waals surface area contributed by atoms with Gasteiger partial charge in [0.05, 0.1) is 38.6 Å². The number of likely N-dealkylation sites (tertiary alicyclic amines) is 2. The van der Waals surface area contributed by atoms with Crippen molar-refractivity contribution >= 4 is 46.4 Å². The predicted molar refractivity (Wildman–Crippen MR) is 211 cm³/mol. The number of ether oxygens (including phenoxy) is 2. The Morgan fingerprint density at radius 1 is 0.685 bits per heavy atom. The van der Waals surface area contributed by atoms with Gasteiger partial charge in [0.15, 0.2) is 0 Å². The highest BCUT2D eigenvalue weighted by Crippen LogP contribution is 2.34. The Morgan fingerprint density at radius 2 is 1.15 bits per heavy atom. The van der Waals surface area contributed by atoms with E-state index in [1.54, 1.807) is 0 Å². The molecule has 2 saturated heterocycles. The zero-order chi connectivity index (χ0) is 38.5. The Hall–Kier alpha value is -5.06. The second-order valence-corrected chi connectivity index (χ2v) is 15.4. The predicted octanol–water partition coefficient (Wildman–Crippen LogP) is 6.92. The highest BCUT2D eigenvalue weighted by Gasteiger charge is 2.40. The van der Waals surface area contributed by atoms with Crippen LogP contribution in [0.1, 0.15) is 83.8 Å². The van der Waals surface area contributed by atoms with E-state index in [0.29, 0.717) is 25.9 Å². The standard InChI is InChI=1S/C43H53N5O6/c1-26(2)34(23-39(49)53-5)41(50)47-19-7-9-37(47)35-21-32(24-44-35)30-15-11-28(12-16-30)29-13-17-31(18-14-29)33-22-36(45-25-33)38-10-8-20-48(38)42(51)40(27(3)4)46-43(52)54-6/h11-18,24-27,34,37-38,40H,7-10,19-23H2,1-6H3,(H,46,52)/t34-,37-,38-,40?/m0/s1. The van der Waals surface area contributed by atoms with E-state index in [9.17, 15) is 19.2 Å². The van der Waals surface area contributed by atoms with Gasteiger partial charge in [0.1, 0.15) is 6.04 Å². The largest absolute Gasteiger partial charge is 0.469 e. The number of carbonyl (C=O) groups is 4. The molecule has 4 aliphatic heterocycles. The van der Waals surface area contributed by atoms with Crippen molar-refractivity contribution in [3.05, 3.63) is 72.1 Å². The van der Waals surface area contributed by atoms with Crippen LogP contribution < -0.4 is 5.32 Å². The SMILES string of the molecule is COC(=O)C[C@H](C(=O)N1CCC[C@H]1C1=NC=C(c2ccc(-c3ccc(C4=CN=C([C@@H]5CCCN5C(=O)C(NC(=O)OC)C(C)C)C4)cc3)cc2)C1)C(C)C. The summed E-state index contributed by atoms with van der Waals surface area (Å²) in [6, 6.07) is 16.3. The van der Waals surface area contributed by atoms with Crippen LogP contribution in [0, 0.1) is 17.8 Å². The van der Waals surface area contributed by atoms with Gasteiger partial charge in [-0.05, 0) is 70.9 Å². The number of amides is 3. The number of rotatable bonds is 12. The van der Waals surface area contributed by atoms with E-state index in [2.05, 4.69) is 53.8 Å². The average Bonchev–Trinajstić information content (AvgIpc) is 4.02. The molecule has 2 fully saturated rings. The first-order chi connectivity index (χ1) is 26.0. The zero-order valence-corrected chi connectivity index (χ0v) is 32.3. The molecule has 0 radical (unpaired) electrons. The molecule has 2 aromatic rings. The number of allylic oxidation sites excluding steroid dienone is 2. The maximum atomic E-state index is 13.6. The van der Waals surface area contributed by atoms with E-state index < -0.39 is 18.1 Å². The summed E-state index contributed by atoms with van der Waals surface area (Å²) in [6.07, 6.45) is 8.26. The molecule has 3 amide bonds. The Kier molecular flexibility index (Phi) is 12.1. The Bertz CT molecular complexity index is 1720. The van der Waals surface area contributed by atoms with E-state index in [1.807, 2.05) is 49.9 Å². The van der Waals surface area contributed by atoms with Crippen LogP contribution in [0.15, 0.2) is 70.9 Å². The first-order valence-corrected chi connectivity index (χ1v) is 19.2. The first-order valence-electron chi connectivity index (χ1n) is 19.2. The summed E-state index contributed by atoms with van der Waals surface area (Å²) in [5, 5.41) is 2.72. The van der Waals surface area contributed by atoms with Crippen LogP contribution >= 0.6 is 0 Å². The van der Waals surface area contributed by atoms with Gasteiger partial charge < -0.3 is 24.6 Å². The molecular formula is C43H53N5O6. The second-order valence-electron chi connectivity index (χ2n) is 15.4. The van der Waals surface area contributed by atoms with E-state index in [4.69, 9.17) is 19.5 Å². The van der Waals surface area contributed by atoms with Crippen molar-refractivity contribution in [1.82, 2.24) is 15.1 Å². The fourth-order valence-corrected chi connectivity index (χ4v) is 8.12. The molecule has 0 spiro atoms. The lowest BCUT2D eigenvalue weighted by Gasteiger charge is -2.31. The minimum absolute atomic E-state index is 0.0141. The molecule has 4 heterocycles. The van der Waals surface area contributed by atoms with Crippen molar-refractivity contribution in [1.29, 1.82) is 0 Å². The minimum atomic E-state index is -0.654. The summed E-state index contributed by atoms with van der Waals surface area (Å²) in [5.74, 6) is -0.892. The third kappa shape index (κ3) is 8.35. The second kappa shape index (κ2) is 17.0. The van der Waals surface area contributed by atoms with Crippen LogP contribution in [0.2, 0.25) is 0 Å². The van der Waals surface area contributed by atoms with Crippen molar-refractivity contribution in [3.63, 3.8) is 0 Å². The Balaban J connectivity index is 1.04. The molecule has 0 bridgehead atoms. The molecule has 1 unspecified atom stereocenters. The van der Waals surface area contributed by atoms with Crippen molar-refractivity contribution < 1.29 is 28.7 Å². The summed E-state index contributed by atoms with van der Waals surface area (Å²) < 4.78 is 9.64. The molecule has 4 atom stereocenters.